The molecule has 1 aromatic heterocycles. The minimum Gasteiger partial charge on any atom is -0.482 e. The molecule has 3 N–H and O–H groups in total. The standard InChI is InChI=1S/C14H15Cl2N3O3.ClH/c1-8(6-17)18-14(20)12-5-9(22-19-12)7-21-13-10(15)3-2-4-11(13)16;/h2-5,8H,6-7,17H2,1H3,(H,18,20);1H/t8-;/m0./s1. The van der Waals surface area contributed by atoms with E-state index in [1.54, 1.807) is 25.1 Å². The van der Waals surface area contributed by atoms with Crippen LogP contribution in [0.25, 0.3) is 0 Å². The maximum Gasteiger partial charge on any atom is 0.273 e. The molecule has 0 aliphatic heterocycles. The normalized spacial score (nSPS) is 11.5. The number of nitrogens with two attached hydrogens (primary N) is 1. The zero-order chi connectivity index (χ0) is 16.1. The number of hydrogen-bond acceptors (Lipinski definition) is 5. The highest BCUT2D eigenvalue weighted by Crippen LogP contribution is 2.32. The van der Waals surface area contributed by atoms with Crippen molar-refractivity contribution in [3.8, 4) is 5.75 Å². The Labute approximate surface area is 149 Å². The average molecular weight is 381 g/mol. The van der Waals surface area contributed by atoms with Gasteiger partial charge in [0.05, 0.1) is 10.0 Å². The quantitative estimate of drug-likeness (QED) is 0.804. The van der Waals surface area contributed by atoms with Gasteiger partial charge in [0.25, 0.3) is 5.91 Å². The fraction of sp³-hybridized carbons (Fsp3) is 0.286. The number of hydrogen-bond donors (Lipinski definition) is 2. The highest BCUT2D eigenvalue weighted by Gasteiger charge is 2.15. The number of rotatable bonds is 6. The minimum atomic E-state index is -0.358. The Kier molecular flexibility index (Phi) is 7.64. The van der Waals surface area contributed by atoms with E-state index in [4.69, 9.17) is 38.2 Å². The number of carbonyl (C=O) groups excluding carboxylic acids is 1. The van der Waals surface area contributed by atoms with Crippen LogP contribution in [0.1, 0.15) is 23.2 Å². The minimum absolute atomic E-state index is 0. The van der Waals surface area contributed by atoms with E-state index in [1.165, 1.54) is 6.07 Å². The first-order chi connectivity index (χ1) is 10.5. The number of amides is 1. The topological polar surface area (TPSA) is 90.4 Å². The number of carbonyl (C=O) groups is 1. The first-order valence-corrected chi connectivity index (χ1v) is 7.30. The summed E-state index contributed by atoms with van der Waals surface area (Å²) in [6.45, 7) is 2.18. The second kappa shape index (κ2) is 8.98. The lowest BCUT2D eigenvalue weighted by Gasteiger charge is -2.08. The number of aromatic nitrogens is 1. The van der Waals surface area contributed by atoms with Gasteiger partial charge >= 0.3 is 0 Å². The van der Waals surface area contributed by atoms with E-state index in [2.05, 4.69) is 10.5 Å². The van der Waals surface area contributed by atoms with E-state index in [9.17, 15) is 4.79 Å². The first-order valence-electron chi connectivity index (χ1n) is 6.54. The number of para-hydroxylation sites is 1. The van der Waals surface area contributed by atoms with Gasteiger partial charge in [0.15, 0.2) is 17.2 Å². The fourth-order valence-corrected chi connectivity index (χ4v) is 2.11. The molecule has 1 atom stereocenters. The highest BCUT2D eigenvalue weighted by molar-refractivity contribution is 6.37. The lowest BCUT2D eigenvalue weighted by Crippen LogP contribution is -2.37. The number of nitrogens with one attached hydrogen (secondary N) is 1. The monoisotopic (exact) mass is 379 g/mol. The van der Waals surface area contributed by atoms with E-state index in [-0.39, 0.29) is 36.7 Å². The van der Waals surface area contributed by atoms with Crippen molar-refractivity contribution in [3.05, 3.63) is 45.8 Å². The Morgan fingerprint density at radius 2 is 2.09 bits per heavy atom. The maximum absolute atomic E-state index is 11.8. The van der Waals surface area contributed by atoms with Crippen LogP contribution in [0.4, 0.5) is 0 Å². The predicted molar refractivity (Wildman–Crippen MR) is 90.5 cm³/mol. The van der Waals surface area contributed by atoms with E-state index in [0.717, 1.165) is 0 Å². The number of benzene rings is 1. The molecule has 1 amide bonds. The van der Waals surface area contributed by atoms with Gasteiger partial charge in [0.2, 0.25) is 0 Å². The summed E-state index contributed by atoms with van der Waals surface area (Å²) < 4.78 is 10.5. The highest BCUT2D eigenvalue weighted by atomic mass is 35.5. The first kappa shape index (κ1) is 19.6. The SMILES string of the molecule is C[C@@H](CN)NC(=O)c1cc(COc2c(Cl)cccc2Cl)on1.Cl. The molecular weight excluding hydrogens is 365 g/mol. The molecule has 0 bridgehead atoms. The van der Waals surface area contributed by atoms with Crippen LogP contribution in [0.15, 0.2) is 28.8 Å². The van der Waals surface area contributed by atoms with Crippen LogP contribution in [0.5, 0.6) is 5.75 Å². The molecule has 126 valence electrons. The van der Waals surface area contributed by atoms with Crippen molar-refractivity contribution < 1.29 is 14.1 Å². The molecule has 0 saturated carbocycles. The smallest absolute Gasteiger partial charge is 0.273 e. The molecule has 2 aromatic rings. The summed E-state index contributed by atoms with van der Waals surface area (Å²) in [5, 5.41) is 7.15. The molecule has 0 saturated heterocycles. The molecule has 0 aliphatic rings. The fourth-order valence-electron chi connectivity index (χ4n) is 1.61. The molecular formula is C14H16Cl3N3O3. The third-order valence-corrected chi connectivity index (χ3v) is 3.40. The van der Waals surface area contributed by atoms with Crippen LogP contribution in [0, 0.1) is 0 Å². The van der Waals surface area contributed by atoms with Gasteiger partial charge in [-0.2, -0.15) is 0 Å². The summed E-state index contributed by atoms with van der Waals surface area (Å²) >= 11 is 12.0. The zero-order valence-electron chi connectivity index (χ0n) is 12.2. The number of nitrogens with zero attached hydrogens (tertiary/aromatic N) is 1. The van der Waals surface area contributed by atoms with Crippen molar-refractivity contribution in [2.45, 2.75) is 19.6 Å². The van der Waals surface area contributed by atoms with E-state index < -0.39 is 0 Å². The summed E-state index contributed by atoms with van der Waals surface area (Å²) in [6, 6.07) is 6.38. The molecule has 9 heteroatoms. The van der Waals surface area contributed by atoms with Crippen LogP contribution in [-0.2, 0) is 6.61 Å². The Balaban J connectivity index is 0.00000264. The van der Waals surface area contributed by atoms with Crippen molar-refractivity contribution in [3.63, 3.8) is 0 Å². The van der Waals surface area contributed by atoms with E-state index in [0.29, 0.717) is 28.1 Å². The van der Waals surface area contributed by atoms with Gasteiger partial charge < -0.3 is 20.3 Å². The van der Waals surface area contributed by atoms with Gasteiger partial charge in [-0.1, -0.05) is 34.4 Å². The molecule has 0 spiro atoms. The molecule has 1 aromatic carbocycles. The van der Waals surface area contributed by atoms with Crippen LogP contribution >= 0.6 is 35.6 Å². The van der Waals surface area contributed by atoms with Gasteiger partial charge in [-0.15, -0.1) is 12.4 Å². The summed E-state index contributed by atoms with van der Waals surface area (Å²) in [6.07, 6.45) is 0. The summed E-state index contributed by atoms with van der Waals surface area (Å²) in [4.78, 5) is 11.8. The molecule has 23 heavy (non-hydrogen) atoms. The zero-order valence-corrected chi connectivity index (χ0v) is 14.5. The second-order valence-corrected chi connectivity index (χ2v) is 5.44. The van der Waals surface area contributed by atoms with Crippen LogP contribution in [0.3, 0.4) is 0 Å². The van der Waals surface area contributed by atoms with Crippen molar-refractivity contribution in [2.24, 2.45) is 5.73 Å². The molecule has 0 aliphatic carbocycles. The van der Waals surface area contributed by atoms with Crippen LogP contribution < -0.4 is 15.8 Å². The van der Waals surface area contributed by atoms with Crippen molar-refractivity contribution in [1.29, 1.82) is 0 Å². The predicted octanol–water partition coefficient (Wildman–Crippen LogP) is 3.06. The van der Waals surface area contributed by atoms with Crippen LogP contribution in [-0.4, -0.2) is 23.7 Å². The molecule has 1 heterocycles. The number of ether oxygens (including phenoxy) is 1. The lowest BCUT2D eigenvalue weighted by atomic mass is 10.3. The van der Waals surface area contributed by atoms with Gasteiger partial charge in [-0.25, -0.2) is 0 Å². The Hall–Kier alpha value is -1.47. The lowest BCUT2D eigenvalue weighted by molar-refractivity contribution is 0.0932. The van der Waals surface area contributed by atoms with Gasteiger partial charge in [-0.05, 0) is 19.1 Å². The average Bonchev–Trinajstić information content (AvgIpc) is 2.95. The van der Waals surface area contributed by atoms with Gasteiger partial charge in [0, 0.05) is 18.7 Å². The summed E-state index contributed by atoms with van der Waals surface area (Å²) in [5.41, 5.74) is 5.60. The van der Waals surface area contributed by atoms with Gasteiger partial charge in [-0.3, -0.25) is 4.79 Å². The molecule has 0 radical (unpaired) electrons. The van der Waals surface area contributed by atoms with Crippen molar-refractivity contribution >= 4 is 41.5 Å². The molecule has 0 fully saturated rings. The molecule has 2 rings (SSSR count). The molecule has 0 unspecified atom stereocenters. The summed E-state index contributed by atoms with van der Waals surface area (Å²) in [7, 11) is 0. The van der Waals surface area contributed by atoms with Gasteiger partial charge in [0.1, 0.15) is 6.61 Å². The largest absolute Gasteiger partial charge is 0.482 e. The van der Waals surface area contributed by atoms with E-state index in [1.807, 2.05) is 0 Å². The maximum atomic E-state index is 11.8. The second-order valence-electron chi connectivity index (χ2n) is 4.63. The van der Waals surface area contributed by atoms with Crippen LogP contribution in [0.2, 0.25) is 10.0 Å². The Morgan fingerprint density at radius 1 is 1.43 bits per heavy atom. The Bertz CT molecular complexity index is 643. The Morgan fingerprint density at radius 3 is 2.70 bits per heavy atom. The number of halogens is 3. The van der Waals surface area contributed by atoms with E-state index >= 15 is 0 Å². The third-order valence-electron chi connectivity index (χ3n) is 2.80. The molecule has 6 nitrogen and oxygen atoms in total. The van der Waals surface area contributed by atoms with Crippen molar-refractivity contribution in [2.75, 3.05) is 6.54 Å². The third kappa shape index (κ3) is 5.28. The van der Waals surface area contributed by atoms with Crippen molar-refractivity contribution in [1.82, 2.24) is 10.5 Å². The summed E-state index contributed by atoms with van der Waals surface area (Å²) in [5.74, 6) is 0.371.